The summed E-state index contributed by atoms with van der Waals surface area (Å²) in [6.07, 6.45) is 7.64. The van der Waals surface area contributed by atoms with Crippen LogP contribution in [0.3, 0.4) is 0 Å². The average Bonchev–Trinajstić information content (AvgIpc) is 2.72. The number of rotatable bonds is 9. The van der Waals surface area contributed by atoms with Crippen molar-refractivity contribution in [3.63, 3.8) is 0 Å². The summed E-state index contributed by atoms with van der Waals surface area (Å²) in [5, 5.41) is 13.9. The SMILES string of the molecule is CC(=O)NC(CCCCNC(=O)OCc1ccccc1)C(=O)O.NC1CCCCC1. The van der Waals surface area contributed by atoms with Gasteiger partial charge in [-0.3, -0.25) is 4.79 Å². The lowest BCUT2D eigenvalue weighted by atomic mass is 9.97. The molecule has 30 heavy (non-hydrogen) atoms. The molecule has 1 aliphatic carbocycles. The number of hydrogen-bond donors (Lipinski definition) is 4. The van der Waals surface area contributed by atoms with E-state index >= 15 is 0 Å². The minimum Gasteiger partial charge on any atom is -0.480 e. The minimum atomic E-state index is -1.06. The molecule has 1 atom stereocenters. The molecule has 2 amide bonds. The highest BCUT2D eigenvalue weighted by atomic mass is 16.5. The number of unbranched alkanes of at least 4 members (excludes halogenated alkanes) is 1. The van der Waals surface area contributed by atoms with Crippen LogP contribution in [-0.4, -0.2) is 41.7 Å². The Bertz CT molecular complexity index is 633. The predicted molar refractivity (Wildman–Crippen MR) is 115 cm³/mol. The van der Waals surface area contributed by atoms with Gasteiger partial charge in [-0.25, -0.2) is 9.59 Å². The summed E-state index contributed by atoms with van der Waals surface area (Å²) in [5.74, 6) is -1.43. The van der Waals surface area contributed by atoms with E-state index < -0.39 is 18.1 Å². The smallest absolute Gasteiger partial charge is 0.407 e. The van der Waals surface area contributed by atoms with Crippen molar-refractivity contribution in [1.29, 1.82) is 0 Å². The number of carboxylic acids is 1. The third kappa shape index (κ3) is 12.8. The van der Waals surface area contributed by atoms with Crippen LogP contribution in [0.5, 0.6) is 0 Å². The van der Waals surface area contributed by atoms with Crippen LogP contribution in [0.25, 0.3) is 0 Å². The first kappa shape index (κ1) is 25.4. The van der Waals surface area contributed by atoms with Gasteiger partial charge in [0, 0.05) is 19.5 Å². The standard InChI is InChI=1S/C16H22N2O5.C6H13N/c1-12(19)18-14(15(20)21)9-5-6-10-17-16(22)23-11-13-7-3-2-4-8-13;7-6-4-2-1-3-5-6/h2-4,7-8,14H,5-6,9-11H2,1H3,(H,17,22)(H,18,19)(H,20,21);6H,1-5,7H2. The number of hydrogen-bond acceptors (Lipinski definition) is 5. The summed E-state index contributed by atoms with van der Waals surface area (Å²) >= 11 is 0. The van der Waals surface area contributed by atoms with Crippen LogP contribution in [0.1, 0.15) is 63.9 Å². The van der Waals surface area contributed by atoms with Crippen LogP contribution in [-0.2, 0) is 20.9 Å². The van der Waals surface area contributed by atoms with E-state index in [1.807, 2.05) is 30.3 Å². The molecule has 0 heterocycles. The highest BCUT2D eigenvalue weighted by Crippen LogP contribution is 2.14. The van der Waals surface area contributed by atoms with E-state index in [2.05, 4.69) is 10.6 Å². The highest BCUT2D eigenvalue weighted by molar-refractivity contribution is 5.81. The van der Waals surface area contributed by atoms with Crippen molar-refractivity contribution in [2.45, 2.75) is 77.0 Å². The van der Waals surface area contributed by atoms with Crippen molar-refractivity contribution in [2.75, 3.05) is 6.54 Å². The van der Waals surface area contributed by atoms with Crippen LogP contribution >= 0.6 is 0 Å². The number of carbonyl (C=O) groups is 3. The normalized spacial score (nSPS) is 14.6. The van der Waals surface area contributed by atoms with Crippen molar-refractivity contribution < 1.29 is 24.2 Å². The molecule has 1 aromatic carbocycles. The van der Waals surface area contributed by atoms with Crippen LogP contribution in [0, 0.1) is 0 Å². The van der Waals surface area contributed by atoms with Gasteiger partial charge in [0.25, 0.3) is 0 Å². The topological polar surface area (TPSA) is 131 Å². The first-order chi connectivity index (χ1) is 14.4. The Morgan fingerprint density at radius 2 is 1.80 bits per heavy atom. The monoisotopic (exact) mass is 421 g/mol. The van der Waals surface area contributed by atoms with Gasteiger partial charge in [-0.1, -0.05) is 49.6 Å². The molecule has 168 valence electrons. The van der Waals surface area contributed by atoms with Crippen molar-refractivity contribution in [3.05, 3.63) is 35.9 Å². The van der Waals surface area contributed by atoms with E-state index in [-0.39, 0.29) is 12.5 Å². The molecule has 1 aliphatic rings. The van der Waals surface area contributed by atoms with Gasteiger partial charge in [0.15, 0.2) is 0 Å². The van der Waals surface area contributed by atoms with E-state index in [0.717, 1.165) is 5.56 Å². The Balaban J connectivity index is 0.000000539. The number of carbonyl (C=O) groups excluding carboxylic acids is 2. The molecule has 8 heteroatoms. The molecule has 0 aromatic heterocycles. The second-order valence-corrected chi connectivity index (χ2v) is 7.47. The second kappa shape index (κ2) is 15.3. The molecule has 5 N–H and O–H groups in total. The first-order valence-corrected chi connectivity index (χ1v) is 10.6. The minimum absolute atomic E-state index is 0.205. The molecular formula is C22H35N3O5. The molecule has 0 spiro atoms. The number of ether oxygens (including phenoxy) is 1. The lowest BCUT2D eigenvalue weighted by Crippen LogP contribution is -2.39. The Labute approximate surface area is 178 Å². The Morgan fingerprint density at radius 1 is 1.13 bits per heavy atom. The van der Waals surface area contributed by atoms with Gasteiger partial charge < -0.3 is 26.2 Å². The fraction of sp³-hybridized carbons (Fsp3) is 0.591. The molecular weight excluding hydrogens is 386 g/mol. The van der Waals surface area contributed by atoms with E-state index in [1.54, 1.807) is 0 Å². The third-order valence-electron chi connectivity index (χ3n) is 4.73. The summed E-state index contributed by atoms with van der Waals surface area (Å²) in [6, 6.07) is 8.98. The lowest BCUT2D eigenvalue weighted by molar-refractivity contribution is -0.141. The summed E-state index contributed by atoms with van der Waals surface area (Å²) in [7, 11) is 0. The maximum Gasteiger partial charge on any atom is 0.407 e. The largest absolute Gasteiger partial charge is 0.480 e. The first-order valence-electron chi connectivity index (χ1n) is 10.6. The van der Waals surface area contributed by atoms with Crippen LogP contribution in [0.2, 0.25) is 0 Å². The zero-order valence-corrected chi connectivity index (χ0v) is 17.8. The van der Waals surface area contributed by atoms with Crippen molar-refractivity contribution in [2.24, 2.45) is 5.73 Å². The Hall–Kier alpha value is -2.61. The molecule has 2 rings (SSSR count). The zero-order valence-electron chi connectivity index (χ0n) is 17.8. The number of amides is 2. The summed E-state index contributed by atoms with van der Waals surface area (Å²) in [6.45, 7) is 1.87. The molecule has 0 saturated heterocycles. The Morgan fingerprint density at radius 3 is 2.33 bits per heavy atom. The van der Waals surface area contributed by atoms with Crippen LogP contribution in [0.4, 0.5) is 4.79 Å². The Kier molecular flexibility index (Phi) is 12.9. The van der Waals surface area contributed by atoms with Gasteiger partial charge in [-0.15, -0.1) is 0 Å². The van der Waals surface area contributed by atoms with E-state index in [0.29, 0.717) is 31.8 Å². The van der Waals surface area contributed by atoms with Gasteiger partial charge >= 0.3 is 12.1 Å². The maximum atomic E-state index is 11.5. The summed E-state index contributed by atoms with van der Waals surface area (Å²) < 4.78 is 5.05. The molecule has 1 unspecified atom stereocenters. The van der Waals surface area contributed by atoms with E-state index in [1.165, 1.54) is 39.0 Å². The average molecular weight is 422 g/mol. The summed E-state index contributed by atoms with van der Waals surface area (Å²) in [4.78, 5) is 33.3. The van der Waals surface area contributed by atoms with Crippen molar-refractivity contribution in [3.8, 4) is 0 Å². The zero-order chi connectivity index (χ0) is 22.2. The van der Waals surface area contributed by atoms with Crippen LogP contribution in [0.15, 0.2) is 30.3 Å². The van der Waals surface area contributed by atoms with Crippen molar-refractivity contribution >= 4 is 18.0 Å². The van der Waals surface area contributed by atoms with E-state index in [4.69, 9.17) is 15.6 Å². The third-order valence-corrected chi connectivity index (χ3v) is 4.73. The molecule has 1 aromatic rings. The molecule has 1 saturated carbocycles. The van der Waals surface area contributed by atoms with Crippen LogP contribution < -0.4 is 16.4 Å². The predicted octanol–water partition coefficient (Wildman–Crippen LogP) is 2.95. The fourth-order valence-electron chi connectivity index (χ4n) is 3.07. The number of carboxylic acid groups (broad SMARTS) is 1. The van der Waals surface area contributed by atoms with Crippen molar-refractivity contribution in [1.82, 2.24) is 10.6 Å². The van der Waals surface area contributed by atoms with E-state index in [9.17, 15) is 14.4 Å². The van der Waals surface area contributed by atoms with Gasteiger partial charge in [0.2, 0.25) is 5.91 Å². The van der Waals surface area contributed by atoms with Gasteiger partial charge in [-0.05, 0) is 37.7 Å². The fourth-order valence-corrected chi connectivity index (χ4v) is 3.07. The lowest BCUT2D eigenvalue weighted by Gasteiger charge is -2.15. The quantitative estimate of drug-likeness (QED) is 0.454. The number of aliphatic carboxylic acids is 1. The van der Waals surface area contributed by atoms with Gasteiger partial charge in [-0.2, -0.15) is 0 Å². The number of nitrogens with one attached hydrogen (secondary N) is 2. The molecule has 0 radical (unpaired) electrons. The number of nitrogens with two attached hydrogens (primary N) is 1. The highest BCUT2D eigenvalue weighted by Gasteiger charge is 2.17. The maximum absolute atomic E-state index is 11.5. The molecule has 8 nitrogen and oxygen atoms in total. The summed E-state index contributed by atoms with van der Waals surface area (Å²) in [5.41, 5.74) is 6.54. The molecule has 0 bridgehead atoms. The number of alkyl carbamates (subject to hydrolysis) is 1. The van der Waals surface area contributed by atoms with Gasteiger partial charge in [0.1, 0.15) is 12.6 Å². The molecule has 0 aliphatic heterocycles. The second-order valence-electron chi connectivity index (χ2n) is 7.47. The molecule has 1 fully saturated rings. The van der Waals surface area contributed by atoms with Gasteiger partial charge in [0.05, 0.1) is 0 Å². The number of benzene rings is 1.